The topological polar surface area (TPSA) is 44.4 Å². The normalized spacial score (nSPS) is 15.9. The number of benzene rings is 2. The van der Waals surface area contributed by atoms with Gasteiger partial charge in [0.2, 0.25) is 0 Å². The molecule has 1 saturated heterocycles. The maximum Gasteiger partial charge on any atom is 0.140 e. The second kappa shape index (κ2) is 9.11. The number of halogens is 3. The molecule has 0 radical (unpaired) electrons. The van der Waals surface area contributed by atoms with E-state index in [-0.39, 0.29) is 0 Å². The molecule has 1 N–H and O–H groups in total. The first-order valence-corrected chi connectivity index (χ1v) is 10.8. The van der Waals surface area contributed by atoms with Crippen LogP contribution in [0.25, 0.3) is 22.4 Å². The Labute approximate surface area is 185 Å². The molecular weight excluding hydrogens is 431 g/mol. The number of aromatic nitrogens is 2. The fourth-order valence-corrected chi connectivity index (χ4v) is 4.04. The van der Waals surface area contributed by atoms with Gasteiger partial charge in [0, 0.05) is 38.3 Å². The first-order chi connectivity index (χ1) is 14.0. The van der Waals surface area contributed by atoms with Crippen molar-refractivity contribution in [3.05, 3.63) is 45.4 Å². The van der Waals surface area contributed by atoms with Gasteiger partial charge in [0.1, 0.15) is 11.6 Å². The number of ether oxygens (including phenoxy) is 1. The summed E-state index contributed by atoms with van der Waals surface area (Å²) in [5.74, 6) is 1.43. The number of nitrogens with zero attached hydrogens (tertiary/aromatic N) is 3. The highest BCUT2D eigenvalue weighted by Gasteiger charge is 2.14. The summed E-state index contributed by atoms with van der Waals surface area (Å²) in [6.07, 6.45) is 0.994. The van der Waals surface area contributed by atoms with Crippen LogP contribution < -0.4 is 4.74 Å². The van der Waals surface area contributed by atoms with E-state index in [9.17, 15) is 0 Å². The number of H-pyrrole nitrogens is 1. The van der Waals surface area contributed by atoms with Crippen LogP contribution in [0.15, 0.2) is 30.3 Å². The fraction of sp³-hybridized carbons (Fsp3) is 0.381. The summed E-state index contributed by atoms with van der Waals surface area (Å²) in [5.41, 5.74) is 2.37. The van der Waals surface area contributed by atoms with E-state index < -0.39 is 0 Å². The molecule has 1 aliphatic rings. The molecule has 0 amide bonds. The molecule has 0 atom stereocenters. The first-order valence-electron chi connectivity index (χ1n) is 9.68. The zero-order chi connectivity index (χ0) is 20.4. The summed E-state index contributed by atoms with van der Waals surface area (Å²) in [4.78, 5) is 12.7. The van der Waals surface area contributed by atoms with Gasteiger partial charge in [-0.05, 0) is 43.8 Å². The van der Waals surface area contributed by atoms with Crippen molar-refractivity contribution >= 4 is 45.8 Å². The number of rotatable bonds is 6. The quantitative estimate of drug-likeness (QED) is 0.521. The maximum atomic E-state index is 6.50. The summed E-state index contributed by atoms with van der Waals surface area (Å²) in [7, 11) is 2.17. The third-order valence-electron chi connectivity index (χ3n) is 5.20. The van der Waals surface area contributed by atoms with Crippen molar-refractivity contribution in [3.63, 3.8) is 0 Å². The van der Waals surface area contributed by atoms with Crippen LogP contribution in [0.3, 0.4) is 0 Å². The lowest BCUT2D eigenvalue weighted by Gasteiger charge is -2.32. The van der Waals surface area contributed by atoms with Crippen LogP contribution in [0, 0.1) is 0 Å². The molecule has 4 rings (SSSR count). The predicted molar refractivity (Wildman–Crippen MR) is 121 cm³/mol. The number of imidazole rings is 1. The van der Waals surface area contributed by atoms with Crippen molar-refractivity contribution in [2.45, 2.75) is 6.42 Å². The third-order valence-corrected chi connectivity index (χ3v) is 6.24. The fourth-order valence-electron chi connectivity index (χ4n) is 3.46. The Bertz CT molecular complexity index is 960. The van der Waals surface area contributed by atoms with E-state index in [0.717, 1.165) is 61.5 Å². The van der Waals surface area contributed by atoms with Gasteiger partial charge in [-0.25, -0.2) is 4.98 Å². The molecule has 2 aromatic carbocycles. The first kappa shape index (κ1) is 20.8. The Morgan fingerprint density at radius 2 is 1.76 bits per heavy atom. The van der Waals surface area contributed by atoms with Crippen molar-refractivity contribution in [1.29, 1.82) is 0 Å². The summed E-state index contributed by atoms with van der Waals surface area (Å²) in [6.45, 7) is 6.26. The molecule has 1 fully saturated rings. The molecule has 0 unspecified atom stereocenters. The van der Waals surface area contributed by atoms with Crippen molar-refractivity contribution in [3.8, 4) is 17.1 Å². The number of hydrogen-bond acceptors (Lipinski definition) is 4. The van der Waals surface area contributed by atoms with Gasteiger partial charge >= 0.3 is 0 Å². The zero-order valence-electron chi connectivity index (χ0n) is 16.2. The lowest BCUT2D eigenvalue weighted by molar-refractivity contribution is 0.145. The second-order valence-electron chi connectivity index (χ2n) is 7.36. The predicted octanol–water partition coefficient (Wildman–Crippen LogP) is 5.21. The van der Waals surface area contributed by atoms with Crippen LogP contribution in [0.4, 0.5) is 0 Å². The highest BCUT2D eigenvalue weighted by Crippen LogP contribution is 2.33. The number of fused-ring (bicyclic) bond motifs is 1. The van der Waals surface area contributed by atoms with Crippen molar-refractivity contribution in [2.24, 2.45) is 0 Å². The molecule has 154 valence electrons. The molecule has 29 heavy (non-hydrogen) atoms. The minimum Gasteiger partial charge on any atom is -0.493 e. The van der Waals surface area contributed by atoms with Crippen LogP contribution >= 0.6 is 34.8 Å². The standard InChI is InChI=1S/C21H23Cl3N4O/c1-27-6-8-28(9-7-27)5-2-10-29-14-3-4-15(16(22)11-14)21-25-19-12-17(23)18(24)13-20(19)26-21/h3-4,11-13H,2,5-10H2,1H3,(H,25,26). The minimum atomic E-state index is 0.476. The molecule has 1 aliphatic heterocycles. The van der Waals surface area contributed by atoms with Gasteiger partial charge in [-0.2, -0.15) is 0 Å². The van der Waals surface area contributed by atoms with Gasteiger partial charge in [-0.15, -0.1) is 0 Å². The summed E-state index contributed by atoms with van der Waals surface area (Å²) < 4.78 is 5.89. The molecule has 0 aliphatic carbocycles. The van der Waals surface area contributed by atoms with E-state index in [1.807, 2.05) is 18.2 Å². The highest BCUT2D eigenvalue weighted by atomic mass is 35.5. The van der Waals surface area contributed by atoms with E-state index in [2.05, 4.69) is 26.8 Å². The lowest BCUT2D eigenvalue weighted by Crippen LogP contribution is -2.44. The third kappa shape index (κ3) is 4.98. The van der Waals surface area contributed by atoms with Gasteiger partial charge in [0.25, 0.3) is 0 Å². The van der Waals surface area contributed by atoms with E-state index in [1.54, 1.807) is 12.1 Å². The van der Waals surface area contributed by atoms with Gasteiger partial charge in [-0.1, -0.05) is 34.8 Å². The Morgan fingerprint density at radius 1 is 1.00 bits per heavy atom. The molecule has 8 heteroatoms. The summed E-state index contributed by atoms with van der Waals surface area (Å²) in [5, 5.41) is 1.54. The number of likely N-dealkylation sites (N-methyl/N-ethyl adjacent to an activating group) is 1. The smallest absolute Gasteiger partial charge is 0.140 e. The van der Waals surface area contributed by atoms with Crippen molar-refractivity contribution < 1.29 is 4.74 Å². The molecule has 3 aromatic rings. The Balaban J connectivity index is 1.36. The van der Waals surface area contributed by atoms with Crippen LogP contribution in [0.5, 0.6) is 5.75 Å². The van der Waals surface area contributed by atoms with Gasteiger partial charge in [-0.3, -0.25) is 0 Å². The van der Waals surface area contributed by atoms with Gasteiger partial charge in [0.15, 0.2) is 0 Å². The SMILES string of the molecule is CN1CCN(CCCOc2ccc(-c3nc4cc(Cl)c(Cl)cc4[nH]3)c(Cl)c2)CC1. The number of nitrogens with one attached hydrogen (secondary N) is 1. The maximum absolute atomic E-state index is 6.50. The molecule has 5 nitrogen and oxygen atoms in total. The van der Waals surface area contributed by atoms with Crippen LogP contribution in [0.1, 0.15) is 6.42 Å². The van der Waals surface area contributed by atoms with Crippen LogP contribution in [-0.2, 0) is 0 Å². The molecule has 1 aromatic heterocycles. The molecule has 0 spiro atoms. The van der Waals surface area contributed by atoms with E-state index in [0.29, 0.717) is 27.5 Å². The minimum absolute atomic E-state index is 0.476. The molecular formula is C21H23Cl3N4O. The van der Waals surface area contributed by atoms with Crippen LogP contribution in [0.2, 0.25) is 15.1 Å². The van der Waals surface area contributed by atoms with Crippen LogP contribution in [-0.4, -0.2) is 66.1 Å². The lowest BCUT2D eigenvalue weighted by atomic mass is 10.2. The monoisotopic (exact) mass is 452 g/mol. The summed E-state index contributed by atoms with van der Waals surface area (Å²) >= 11 is 18.7. The average Bonchev–Trinajstić information content (AvgIpc) is 3.09. The zero-order valence-corrected chi connectivity index (χ0v) is 18.5. The molecule has 2 heterocycles. The average molecular weight is 454 g/mol. The Hall–Kier alpha value is -1.50. The van der Waals surface area contributed by atoms with E-state index in [4.69, 9.17) is 39.5 Å². The van der Waals surface area contributed by atoms with Gasteiger partial charge in [0.05, 0.1) is 32.7 Å². The Kier molecular flexibility index (Phi) is 6.52. The van der Waals surface area contributed by atoms with Crippen molar-refractivity contribution in [1.82, 2.24) is 19.8 Å². The second-order valence-corrected chi connectivity index (χ2v) is 8.58. The summed E-state index contributed by atoms with van der Waals surface area (Å²) in [6, 6.07) is 9.18. The number of aromatic amines is 1. The van der Waals surface area contributed by atoms with E-state index >= 15 is 0 Å². The van der Waals surface area contributed by atoms with Gasteiger partial charge < -0.3 is 19.5 Å². The number of piperazine rings is 1. The highest BCUT2D eigenvalue weighted by molar-refractivity contribution is 6.42. The van der Waals surface area contributed by atoms with E-state index in [1.165, 1.54) is 0 Å². The molecule has 0 bridgehead atoms. The molecule has 0 saturated carbocycles. The Morgan fingerprint density at radius 3 is 2.52 bits per heavy atom. The number of hydrogen-bond donors (Lipinski definition) is 1. The van der Waals surface area contributed by atoms with Crippen molar-refractivity contribution in [2.75, 3.05) is 46.4 Å². The largest absolute Gasteiger partial charge is 0.493 e.